The number of hydrogen-bond acceptors (Lipinski definition) is 8. The van der Waals surface area contributed by atoms with Crippen molar-refractivity contribution in [3.05, 3.63) is 0 Å². The fourth-order valence-corrected chi connectivity index (χ4v) is 1.17. The molecule has 0 aromatic carbocycles. The van der Waals surface area contributed by atoms with E-state index in [2.05, 4.69) is 14.2 Å². The number of ketones is 1. The Hall–Kier alpha value is -1.48. The SMILES string of the molecule is CON=C(C(=O)COS(C)(=O)=O)C(=O)OC(C)(C)C. The van der Waals surface area contributed by atoms with E-state index in [-0.39, 0.29) is 0 Å². The van der Waals surface area contributed by atoms with E-state index in [0.717, 1.165) is 13.4 Å². The van der Waals surface area contributed by atoms with E-state index < -0.39 is 39.8 Å². The topological polar surface area (TPSA) is 108 Å². The Morgan fingerprint density at radius 3 is 2.11 bits per heavy atom. The number of rotatable bonds is 6. The summed E-state index contributed by atoms with van der Waals surface area (Å²) in [6.07, 6.45) is 0.779. The maximum atomic E-state index is 11.7. The van der Waals surface area contributed by atoms with Gasteiger partial charge in [-0.05, 0) is 20.8 Å². The highest BCUT2D eigenvalue weighted by molar-refractivity contribution is 7.86. The number of ether oxygens (including phenoxy) is 1. The smallest absolute Gasteiger partial charge is 0.364 e. The van der Waals surface area contributed by atoms with Crippen molar-refractivity contribution in [3.8, 4) is 0 Å². The number of nitrogens with zero attached hydrogens (tertiary/aromatic N) is 1. The van der Waals surface area contributed by atoms with Gasteiger partial charge in [0.15, 0.2) is 0 Å². The Labute approximate surface area is 111 Å². The van der Waals surface area contributed by atoms with E-state index in [0.29, 0.717) is 0 Å². The van der Waals surface area contributed by atoms with Gasteiger partial charge in [0.25, 0.3) is 10.1 Å². The Balaban J connectivity index is 4.89. The number of carbonyl (C=O) groups is 2. The summed E-state index contributed by atoms with van der Waals surface area (Å²) in [5.41, 5.74) is -1.50. The van der Waals surface area contributed by atoms with Crippen LogP contribution >= 0.6 is 0 Å². The van der Waals surface area contributed by atoms with E-state index in [1.54, 1.807) is 20.8 Å². The molecule has 0 heterocycles. The van der Waals surface area contributed by atoms with Gasteiger partial charge >= 0.3 is 5.97 Å². The molecule has 0 aliphatic heterocycles. The van der Waals surface area contributed by atoms with Gasteiger partial charge in [-0.15, -0.1) is 0 Å². The van der Waals surface area contributed by atoms with Gasteiger partial charge in [0.2, 0.25) is 11.5 Å². The van der Waals surface area contributed by atoms with E-state index in [9.17, 15) is 18.0 Å². The summed E-state index contributed by atoms with van der Waals surface area (Å²) in [5, 5.41) is 3.23. The van der Waals surface area contributed by atoms with Gasteiger partial charge in [0, 0.05) is 0 Å². The molecule has 0 saturated heterocycles. The van der Waals surface area contributed by atoms with Gasteiger partial charge in [-0.1, -0.05) is 5.16 Å². The number of carbonyl (C=O) groups excluding carboxylic acids is 2. The molecular formula is C10H17NO7S. The minimum Gasteiger partial charge on any atom is -0.455 e. The Kier molecular flexibility index (Phi) is 6.10. The van der Waals surface area contributed by atoms with E-state index in [1.165, 1.54) is 0 Å². The first-order valence-corrected chi connectivity index (χ1v) is 7.00. The highest BCUT2D eigenvalue weighted by atomic mass is 32.2. The molecule has 0 bridgehead atoms. The molecule has 0 rings (SSSR count). The maximum absolute atomic E-state index is 11.7. The highest BCUT2D eigenvalue weighted by Gasteiger charge is 2.28. The van der Waals surface area contributed by atoms with Crippen LogP contribution in [0.1, 0.15) is 20.8 Å². The van der Waals surface area contributed by atoms with Crippen molar-refractivity contribution < 1.29 is 31.8 Å². The number of Topliss-reactive ketones (excluding diaryl/α,β-unsaturated/α-hetero) is 1. The van der Waals surface area contributed by atoms with Crippen LogP contribution in [0.4, 0.5) is 0 Å². The van der Waals surface area contributed by atoms with Crippen LogP contribution in [-0.2, 0) is 33.5 Å². The zero-order valence-electron chi connectivity index (χ0n) is 11.4. The molecular weight excluding hydrogens is 278 g/mol. The molecule has 19 heavy (non-hydrogen) atoms. The summed E-state index contributed by atoms with van der Waals surface area (Å²) in [7, 11) is -2.66. The van der Waals surface area contributed by atoms with E-state index >= 15 is 0 Å². The van der Waals surface area contributed by atoms with Crippen molar-refractivity contribution >= 4 is 27.6 Å². The lowest BCUT2D eigenvalue weighted by Crippen LogP contribution is -2.35. The minimum absolute atomic E-state index is 0.666. The fraction of sp³-hybridized carbons (Fsp3) is 0.700. The van der Waals surface area contributed by atoms with Crippen LogP contribution in [-0.4, -0.2) is 51.5 Å². The lowest BCUT2D eigenvalue weighted by Gasteiger charge is -2.19. The summed E-state index contributed by atoms with van der Waals surface area (Å²) >= 11 is 0. The first kappa shape index (κ1) is 17.5. The third-order valence-corrected chi connectivity index (χ3v) is 1.99. The molecule has 0 N–H and O–H groups in total. The zero-order valence-corrected chi connectivity index (χ0v) is 12.2. The molecule has 110 valence electrons. The second-order valence-electron chi connectivity index (χ2n) is 4.51. The van der Waals surface area contributed by atoms with E-state index in [4.69, 9.17) is 4.74 Å². The Bertz CT molecular complexity index is 473. The van der Waals surface area contributed by atoms with Crippen molar-refractivity contribution in [2.45, 2.75) is 26.4 Å². The first-order chi connectivity index (χ1) is 8.46. The molecule has 0 aliphatic carbocycles. The maximum Gasteiger partial charge on any atom is 0.364 e. The Morgan fingerprint density at radius 1 is 1.21 bits per heavy atom. The third-order valence-electron chi connectivity index (χ3n) is 1.44. The lowest BCUT2D eigenvalue weighted by molar-refractivity contribution is -0.146. The van der Waals surface area contributed by atoms with Crippen molar-refractivity contribution in [3.63, 3.8) is 0 Å². The van der Waals surface area contributed by atoms with Crippen LogP contribution in [0.2, 0.25) is 0 Å². The van der Waals surface area contributed by atoms with Crippen LogP contribution < -0.4 is 0 Å². The van der Waals surface area contributed by atoms with Crippen LogP contribution in [0.5, 0.6) is 0 Å². The molecule has 0 fully saturated rings. The van der Waals surface area contributed by atoms with Gasteiger partial charge in [0.1, 0.15) is 19.3 Å². The minimum atomic E-state index is -3.80. The predicted molar refractivity (Wildman–Crippen MR) is 66.1 cm³/mol. The monoisotopic (exact) mass is 295 g/mol. The van der Waals surface area contributed by atoms with Gasteiger partial charge in [-0.3, -0.25) is 8.98 Å². The summed E-state index contributed by atoms with van der Waals surface area (Å²) in [5.74, 6) is -1.97. The van der Waals surface area contributed by atoms with Gasteiger partial charge in [-0.2, -0.15) is 8.42 Å². The normalized spacial score (nSPS) is 13.0. The van der Waals surface area contributed by atoms with Crippen LogP contribution in [0, 0.1) is 0 Å². The van der Waals surface area contributed by atoms with Gasteiger partial charge < -0.3 is 9.57 Å². The van der Waals surface area contributed by atoms with E-state index in [1.807, 2.05) is 0 Å². The number of oxime groups is 1. The van der Waals surface area contributed by atoms with Crippen LogP contribution in [0.25, 0.3) is 0 Å². The molecule has 9 heteroatoms. The second-order valence-corrected chi connectivity index (χ2v) is 6.16. The molecule has 0 aromatic heterocycles. The zero-order chi connectivity index (χ0) is 15.3. The van der Waals surface area contributed by atoms with Crippen molar-refractivity contribution in [2.24, 2.45) is 5.16 Å². The van der Waals surface area contributed by atoms with Gasteiger partial charge in [-0.25, -0.2) is 4.79 Å². The summed E-state index contributed by atoms with van der Waals surface area (Å²) in [6.45, 7) is 3.96. The molecule has 0 unspecified atom stereocenters. The van der Waals surface area contributed by atoms with Crippen LogP contribution in [0.15, 0.2) is 5.16 Å². The van der Waals surface area contributed by atoms with Crippen LogP contribution in [0.3, 0.4) is 0 Å². The highest BCUT2D eigenvalue weighted by Crippen LogP contribution is 2.08. The lowest BCUT2D eigenvalue weighted by atomic mass is 10.2. The fourth-order valence-electron chi connectivity index (χ4n) is 0.849. The average Bonchev–Trinajstić information content (AvgIpc) is 2.18. The standard InChI is InChI=1S/C10H17NO7S/c1-10(2,3)18-9(13)8(11-16-4)7(12)6-17-19(5,14)15/h6H2,1-5H3. The molecule has 0 saturated carbocycles. The molecule has 0 spiro atoms. The molecule has 0 aromatic rings. The molecule has 8 nitrogen and oxygen atoms in total. The van der Waals surface area contributed by atoms with Gasteiger partial charge in [0.05, 0.1) is 6.26 Å². The summed E-state index contributed by atoms with van der Waals surface area (Å²) < 4.78 is 30.7. The third kappa shape index (κ3) is 8.27. The second kappa shape index (κ2) is 6.62. The Morgan fingerprint density at radius 2 is 1.74 bits per heavy atom. The molecule has 0 radical (unpaired) electrons. The van der Waals surface area contributed by atoms with Crippen molar-refractivity contribution in [1.29, 1.82) is 0 Å². The first-order valence-electron chi connectivity index (χ1n) is 5.18. The quantitative estimate of drug-likeness (QED) is 0.221. The predicted octanol–water partition coefficient (Wildman–Crippen LogP) is -0.124. The number of hydrogen-bond donors (Lipinski definition) is 0. The molecule has 0 amide bonds. The largest absolute Gasteiger partial charge is 0.455 e. The molecule has 0 atom stereocenters. The number of esters is 1. The average molecular weight is 295 g/mol. The summed E-state index contributed by atoms with van der Waals surface area (Å²) in [4.78, 5) is 27.6. The summed E-state index contributed by atoms with van der Waals surface area (Å²) in [6, 6.07) is 0. The van der Waals surface area contributed by atoms with Crippen molar-refractivity contribution in [2.75, 3.05) is 20.0 Å². The molecule has 0 aliphatic rings. The van der Waals surface area contributed by atoms with Crippen molar-refractivity contribution in [1.82, 2.24) is 0 Å².